The molecule has 0 saturated heterocycles. The number of carbonyl (C=O) groups excluding carboxylic acids is 1. The van der Waals surface area contributed by atoms with E-state index in [0.29, 0.717) is 12.5 Å². The van der Waals surface area contributed by atoms with Crippen molar-refractivity contribution in [3.63, 3.8) is 0 Å². The third kappa shape index (κ3) is 5.24. The number of carbonyl (C=O) groups is 1. The van der Waals surface area contributed by atoms with Gasteiger partial charge in [-0.2, -0.15) is 13.2 Å². The molecule has 0 spiro atoms. The molecule has 1 amide bonds. The average Bonchev–Trinajstić information content (AvgIpc) is 2.54. The Morgan fingerprint density at radius 3 is 2.24 bits per heavy atom. The molecule has 0 radical (unpaired) electrons. The van der Waals surface area contributed by atoms with Crippen LogP contribution in [0.4, 0.5) is 24.5 Å². The first kappa shape index (κ1) is 18.8. The molecule has 2 aromatic rings. The van der Waals surface area contributed by atoms with Crippen molar-refractivity contribution in [3.8, 4) is 0 Å². The third-order valence-corrected chi connectivity index (χ3v) is 3.76. The lowest BCUT2D eigenvalue weighted by Crippen LogP contribution is -2.19. The Morgan fingerprint density at radius 1 is 1.00 bits per heavy atom. The number of rotatable bonds is 6. The molecule has 0 saturated carbocycles. The Balaban J connectivity index is 1.95. The summed E-state index contributed by atoms with van der Waals surface area (Å²) in [6.45, 7) is 4.48. The van der Waals surface area contributed by atoms with Gasteiger partial charge in [-0.15, -0.1) is 0 Å². The van der Waals surface area contributed by atoms with Crippen molar-refractivity contribution in [2.24, 2.45) is 0 Å². The molecule has 3 nitrogen and oxygen atoms in total. The maximum atomic E-state index is 12.9. The molecule has 0 aliphatic carbocycles. The van der Waals surface area contributed by atoms with Gasteiger partial charge in [0, 0.05) is 18.7 Å². The van der Waals surface area contributed by atoms with Gasteiger partial charge in [0.15, 0.2) is 0 Å². The molecule has 0 aliphatic heterocycles. The molecule has 25 heavy (non-hydrogen) atoms. The van der Waals surface area contributed by atoms with E-state index in [2.05, 4.69) is 24.5 Å². The summed E-state index contributed by atoms with van der Waals surface area (Å²) >= 11 is 0. The van der Waals surface area contributed by atoms with Crippen LogP contribution in [0.1, 0.15) is 37.3 Å². The minimum atomic E-state index is -4.50. The number of halogens is 3. The second kappa shape index (κ2) is 8.05. The van der Waals surface area contributed by atoms with E-state index in [1.54, 1.807) is 0 Å². The normalized spacial score (nSPS) is 11.4. The van der Waals surface area contributed by atoms with E-state index in [1.807, 2.05) is 24.3 Å². The van der Waals surface area contributed by atoms with Gasteiger partial charge >= 0.3 is 6.18 Å². The van der Waals surface area contributed by atoms with Crippen LogP contribution in [0.5, 0.6) is 0 Å². The summed E-state index contributed by atoms with van der Waals surface area (Å²) in [5.74, 6) is -0.137. The lowest BCUT2D eigenvalue weighted by molar-refractivity contribution is -0.137. The minimum absolute atomic E-state index is 0.0681. The Hall–Kier alpha value is -2.50. The minimum Gasteiger partial charge on any atom is -0.384 e. The number of para-hydroxylation sites is 2. The van der Waals surface area contributed by atoms with E-state index in [0.717, 1.165) is 17.3 Å². The van der Waals surface area contributed by atoms with Crippen molar-refractivity contribution in [2.75, 3.05) is 17.2 Å². The molecule has 0 aromatic heterocycles. The fraction of sp³-hybridized carbons (Fsp3) is 0.316. The highest BCUT2D eigenvalue weighted by Gasteiger charge is 2.33. The Kier molecular flexibility index (Phi) is 6.07. The lowest BCUT2D eigenvalue weighted by Gasteiger charge is -2.15. The molecular formula is C19H21F3N2O. The van der Waals surface area contributed by atoms with Crippen LogP contribution in [-0.2, 0) is 11.0 Å². The maximum absolute atomic E-state index is 12.9. The zero-order chi connectivity index (χ0) is 18.4. The zero-order valence-electron chi connectivity index (χ0n) is 14.2. The quantitative estimate of drug-likeness (QED) is 0.745. The molecule has 6 heteroatoms. The SMILES string of the molecule is CC(C)c1ccccc1NCCC(=O)Nc1ccccc1C(F)(F)F. The monoisotopic (exact) mass is 350 g/mol. The van der Waals surface area contributed by atoms with Crippen LogP contribution >= 0.6 is 0 Å². The van der Waals surface area contributed by atoms with Crippen LogP contribution in [0.15, 0.2) is 48.5 Å². The molecule has 0 heterocycles. The average molecular weight is 350 g/mol. The van der Waals surface area contributed by atoms with Gasteiger partial charge in [0.25, 0.3) is 0 Å². The van der Waals surface area contributed by atoms with Crippen molar-refractivity contribution in [1.82, 2.24) is 0 Å². The molecular weight excluding hydrogens is 329 g/mol. The summed E-state index contributed by atoms with van der Waals surface area (Å²) in [7, 11) is 0. The van der Waals surface area contributed by atoms with Crippen molar-refractivity contribution in [2.45, 2.75) is 32.4 Å². The van der Waals surface area contributed by atoms with E-state index in [9.17, 15) is 18.0 Å². The van der Waals surface area contributed by atoms with Gasteiger partial charge in [0.1, 0.15) is 0 Å². The molecule has 2 aromatic carbocycles. The number of amides is 1. The zero-order valence-corrected chi connectivity index (χ0v) is 14.2. The van der Waals surface area contributed by atoms with Gasteiger partial charge in [0.2, 0.25) is 5.91 Å². The molecule has 2 N–H and O–H groups in total. The fourth-order valence-corrected chi connectivity index (χ4v) is 2.52. The highest BCUT2D eigenvalue weighted by Crippen LogP contribution is 2.34. The van der Waals surface area contributed by atoms with E-state index >= 15 is 0 Å². The van der Waals surface area contributed by atoms with Crippen molar-refractivity contribution in [3.05, 3.63) is 59.7 Å². The number of hydrogen-bond acceptors (Lipinski definition) is 2. The number of benzene rings is 2. The molecule has 0 aliphatic rings. The number of nitrogens with one attached hydrogen (secondary N) is 2. The molecule has 0 fully saturated rings. The Morgan fingerprint density at radius 2 is 1.60 bits per heavy atom. The summed E-state index contributed by atoms with van der Waals surface area (Å²) in [4.78, 5) is 12.0. The summed E-state index contributed by atoms with van der Waals surface area (Å²) in [6.07, 6.45) is -4.43. The van der Waals surface area contributed by atoms with Crippen LogP contribution in [0.3, 0.4) is 0 Å². The topological polar surface area (TPSA) is 41.1 Å². The third-order valence-electron chi connectivity index (χ3n) is 3.76. The van der Waals surface area contributed by atoms with Crippen molar-refractivity contribution >= 4 is 17.3 Å². The first-order valence-electron chi connectivity index (χ1n) is 8.08. The largest absolute Gasteiger partial charge is 0.418 e. The Bertz CT molecular complexity index is 727. The predicted molar refractivity (Wildman–Crippen MR) is 93.7 cm³/mol. The second-order valence-corrected chi connectivity index (χ2v) is 6.01. The molecule has 134 valence electrons. The van der Waals surface area contributed by atoms with Crippen molar-refractivity contribution in [1.29, 1.82) is 0 Å². The summed E-state index contributed by atoms with van der Waals surface area (Å²) < 4.78 is 38.8. The number of anilines is 2. The first-order valence-corrected chi connectivity index (χ1v) is 8.08. The van der Waals surface area contributed by atoms with Gasteiger partial charge in [-0.3, -0.25) is 4.79 Å². The van der Waals surface area contributed by atoms with Gasteiger partial charge < -0.3 is 10.6 Å². The number of hydrogen-bond donors (Lipinski definition) is 2. The van der Waals surface area contributed by atoms with Gasteiger partial charge in [-0.25, -0.2) is 0 Å². The van der Waals surface area contributed by atoms with Crippen LogP contribution in [-0.4, -0.2) is 12.5 Å². The number of alkyl halides is 3. The van der Waals surface area contributed by atoms with Gasteiger partial charge in [-0.05, 0) is 29.7 Å². The van der Waals surface area contributed by atoms with Crippen LogP contribution < -0.4 is 10.6 Å². The van der Waals surface area contributed by atoms with Gasteiger partial charge in [-0.1, -0.05) is 44.2 Å². The molecule has 0 unspecified atom stereocenters. The van der Waals surface area contributed by atoms with E-state index in [4.69, 9.17) is 0 Å². The van der Waals surface area contributed by atoms with Crippen molar-refractivity contribution < 1.29 is 18.0 Å². The molecule has 0 atom stereocenters. The van der Waals surface area contributed by atoms with E-state index < -0.39 is 17.6 Å². The standard InChI is InChI=1S/C19H21F3N2O/c1-13(2)14-7-3-5-9-16(14)23-12-11-18(25)24-17-10-6-4-8-15(17)19(20,21)22/h3-10,13,23H,11-12H2,1-2H3,(H,24,25). The van der Waals surface area contributed by atoms with E-state index in [1.165, 1.54) is 18.2 Å². The summed E-state index contributed by atoms with van der Waals surface area (Å²) in [6, 6.07) is 12.7. The summed E-state index contributed by atoms with van der Waals surface area (Å²) in [5.41, 5.74) is 0.996. The predicted octanol–water partition coefficient (Wildman–Crippen LogP) is 5.27. The Labute approximate surface area is 145 Å². The van der Waals surface area contributed by atoms with Crippen LogP contribution in [0.25, 0.3) is 0 Å². The maximum Gasteiger partial charge on any atom is 0.418 e. The lowest BCUT2D eigenvalue weighted by atomic mass is 10.0. The smallest absolute Gasteiger partial charge is 0.384 e. The van der Waals surface area contributed by atoms with Gasteiger partial charge in [0.05, 0.1) is 11.3 Å². The fourth-order valence-electron chi connectivity index (χ4n) is 2.52. The second-order valence-electron chi connectivity index (χ2n) is 6.01. The molecule has 2 rings (SSSR count). The summed E-state index contributed by atoms with van der Waals surface area (Å²) in [5, 5.41) is 5.51. The molecule has 0 bridgehead atoms. The van der Waals surface area contributed by atoms with E-state index in [-0.39, 0.29) is 12.1 Å². The first-order chi connectivity index (χ1) is 11.8. The van der Waals surface area contributed by atoms with Crippen LogP contribution in [0.2, 0.25) is 0 Å². The highest BCUT2D eigenvalue weighted by atomic mass is 19.4. The highest BCUT2D eigenvalue weighted by molar-refractivity contribution is 5.91. The van der Waals surface area contributed by atoms with Crippen LogP contribution in [0, 0.1) is 0 Å².